The van der Waals surface area contributed by atoms with Gasteiger partial charge in [0, 0.05) is 17.6 Å². The van der Waals surface area contributed by atoms with E-state index >= 15 is 0 Å². The lowest BCUT2D eigenvalue weighted by Gasteiger charge is -2.30. The van der Waals surface area contributed by atoms with E-state index in [0.717, 1.165) is 37.9 Å². The smallest absolute Gasteiger partial charge is 0.247 e. The molecule has 0 bridgehead atoms. The van der Waals surface area contributed by atoms with E-state index in [1.54, 1.807) is 0 Å². The molecule has 2 fully saturated rings. The number of carbonyl (C=O) groups excluding carboxylic acids is 1. The molecular weight excluding hydrogens is 260 g/mol. The molecule has 112 valence electrons. The third-order valence-corrected chi connectivity index (χ3v) is 5.95. The minimum absolute atomic E-state index is 0.163. The molecule has 0 saturated heterocycles. The van der Waals surface area contributed by atoms with Crippen LogP contribution in [0.5, 0.6) is 0 Å². The largest absolute Gasteiger partial charge is 0.317 e. The van der Waals surface area contributed by atoms with Crippen molar-refractivity contribution < 1.29 is 4.79 Å². The van der Waals surface area contributed by atoms with E-state index in [4.69, 9.17) is 5.73 Å². The molecule has 2 saturated carbocycles. The molecule has 1 aromatic carbocycles. The van der Waals surface area contributed by atoms with E-state index < -0.39 is 5.54 Å². The first-order chi connectivity index (χ1) is 10.1. The normalized spacial score (nSPS) is 25.5. The monoisotopic (exact) mass is 284 g/mol. The van der Waals surface area contributed by atoms with Crippen LogP contribution in [0.1, 0.15) is 56.9 Å². The molecule has 1 spiro atoms. The van der Waals surface area contributed by atoms with Gasteiger partial charge in [-0.25, -0.2) is 0 Å². The fraction of sp³-hybridized carbons (Fsp3) is 0.611. The van der Waals surface area contributed by atoms with Crippen LogP contribution in [-0.4, -0.2) is 18.0 Å². The first-order valence-corrected chi connectivity index (χ1v) is 8.35. The van der Waals surface area contributed by atoms with Crippen molar-refractivity contribution in [2.45, 2.75) is 62.3 Å². The van der Waals surface area contributed by atoms with E-state index in [0.29, 0.717) is 0 Å². The van der Waals surface area contributed by atoms with Gasteiger partial charge in [-0.15, -0.1) is 0 Å². The predicted molar refractivity (Wildman–Crippen MR) is 84.3 cm³/mol. The van der Waals surface area contributed by atoms with Gasteiger partial charge >= 0.3 is 0 Å². The molecule has 1 aliphatic heterocycles. The third kappa shape index (κ3) is 1.87. The molecule has 4 rings (SSSR count). The predicted octanol–water partition coefficient (Wildman–Crippen LogP) is 3.12. The van der Waals surface area contributed by atoms with Crippen LogP contribution in [-0.2, 0) is 10.2 Å². The van der Waals surface area contributed by atoms with Gasteiger partial charge in [0.1, 0.15) is 0 Å². The molecule has 0 unspecified atom stereocenters. The fourth-order valence-corrected chi connectivity index (χ4v) is 4.78. The number of rotatable bonds is 1. The Morgan fingerprint density at radius 1 is 1.00 bits per heavy atom. The van der Waals surface area contributed by atoms with Gasteiger partial charge in [-0.2, -0.15) is 0 Å². The molecule has 1 heterocycles. The minimum atomic E-state index is -0.614. The molecule has 3 aliphatic rings. The van der Waals surface area contributed by atoms with Gasteiger partial charge in [-0.05, 0) is 37.3 Å². The lowest BCUT2D eigenvalue weighted by molar-refractivity contribution is -0.123. The SMILES string of the molecule is NC1(C(=O)N2CC3(CCCC3)c3ccccc32)CCCC1. The van der Waals surface area contributed by atoms with Crippen molar-refractivity contribution in [3.8, 4) is 0 Å². The van der Waals surface area contributed by atoms with Crippen molar-refractivity contribution in [2.24, 2.45) is 5.73 Å². The summed E-state index contributed by atoms with van der Waals surface area (Å²) < 4.78 is 0. The van der Waals surface area contributed by atoms with Crippen LogP contribution in [0.15, 0.2) is 24.3 Å². The number of hydrogen-bond acceptors (Lipinski definition) is 2. The summed E-state index contributed by atoms with van der Waals surface area (Å²) in [7, 11) is 0. The highest BCUT2D eigenvalue weighted by molar-refractivity contribution is 6.02. The number of hydrogen-bond donors (Lipinski definition) is 1. The van der Waals surface area contributed by atoms with Crippen LogP contribution in [0.4, 0.5) is 5.69 Å². The Morgan fingerprint density at radius 2 is 1.62 bits per heavy atom. The number of nitrogens with two attached hydrogens (primary N) is 1. The number of benzene rings is 1. The molecule has 1 amide bonds. The molecule has 3 nitrogen and oxygen atoms in total. The van der Waals surface area contributed by atoms with Crippen molar-refractivity contribution >= 4 is 11.6 Å². The number of amides is 1. The highest BCUT2D eigenvalue weighted by atomic mass is 16.2. The molecule has 21 heavy (non-hydrogen) atoms. The van der Waals surface area contributed by atoms with Crippen molar-refractivity contribution in [3.63, 3.8) is 0 Å². The van der Waals surface area contributed by atoms with Crippen LogP contribution in [0.25, 0.3) is 0 Å². The molecule has 0 atom stereocenters. The van der Waals surface area contributed by atoms with E-state index in [9.17, 15) is 4.79 Å². The topological polar surface area (TPSA) is 46.3 Å². The highest BCUT2D eigenvalue weighted by Gasteiger charge is 2.49. The average molecular weight is 284 g/mol. The molecule has 1 aromatic rings. The summed E-state index contributed by atoms with van der Waals surface area (Å²) in [6, 6.07) is 8.50. The zero-order valence-electron chi connectivity index (χ0n) is 12.6. The van der Waals surface area contributed by atoms with Crippen LogP contribution in [0.2, 0.25) is 0 Å². The van der Waals surface area contributed by atoms with Crippen molar-refractivity contribution in [1.29, 1.82) is 0 Å². The van der Waals surface area contributed by atoms with E-state index in [1.807, 2.05) is 11.0 Å². The van der Waals surface area contributed by atoms with E-state index in [1.165, 1.54) is 31.2 Å². The molecule has 2 N–H and O–H groups in total. The summed E-state index contributed by atoms with van der Waals surface area (Å²) in [5.74, 6) is 0.163. The van der Waals surface area contributed by atoms with Crippen molar-refractivity contribution in [3.05, 3.63) is 29.8 Å². The number of nitrogens with zero attached hydrogens (tertiary/aromatic N) is 1. The molecule has 0 aromatic heterocycles. The maximum absolute atomic E-state index is 13.1. The quantitative estimate of drug-likeness (QED) is 0.861. The number of para-hydroxylation sites is 1. The maximum atomic E-state index is 13.1. The Kier molecular flexibility index (Phi) is 2.90. The van der Waals surface area contributed by atoms with Gasteiger partial charge in [0.25, 0.3) is 0 Å². The van der Waals surface area contributed by atoms with Gasteiger partial charge in [0.05, 0.1) is 5.54 Å². The molecular formula is C18H24N2O. The van der Waals surface area contributed by atoms with Crippen molar-refractivity contribution in [1.82, 2.24) is 0 Å². The Bertz CT molecular complexity index is 568. The summed E-state index contributed by atoms with van der Waals surface area (Å²) in [4.78, 5) is 15.1. The van der Waals surface area contributed by atoms with Gasteiger partial charge in [-0.3, -0.25) is 4.79 Å². The summed E-state index contributed by atoms with van der Waals surface area (Å²) in [6.45, 7) is 0.851. The molecule has 2 aliphatic carbocycles. The van der Waals surface area contributed by atoms with E-state index in [-0.39, 0.29) is 11.3 Å². The van der Waals surface area contributed by atoms with E-state index in [2.05, 4.69) is 18.2 Å². The Labute approximate surface area is 126 Å². The number of anilines is 1. The summed E-state index contributed by atoms with van der Waals surface area (Å²) in [5.41, 5.74) is 8.54. The zero-order chi connectivity index (χ0) is 14.5. The lowest BCUT2D eigenvalue weighted by atomic mass is 9.81. The average Bonchev–Trinajstić information content (AvgIpc) is 3.21. The van der Waals surface area contributed by atoms with Crippen LogP contribution < -0.4 is 10.6 Å². The third-order valence-electron chi connectivity index (χ3n) is 5.95. The van der Waals surface area contributed by atoms with Crippen LogP contribution in [0, 0.1) is 0 Å². The minimum Gasteiger partial charge on any atom is -0.317 e. The first-order valence-electron chi connectivity index (χ1n) is 8.35. The summed E-state index contributed by atoms with van der Waals surface area (Å²) in [6.07, 6.45) is 8.85. The first kappa shape index (κ1) is 13.3. The molecule has 3 heteroatoms. The standard InChI is InChI=1S/C18H24N2O/c19-18(11-5-6-12-18)16(21)20-13-17(9-3-4-10-17)14-7-1-2-8-15(14)20/h1-2,7-8H,3-6,9-13,19H2. The fourth-order valence-electron chi connectivity index (χ4n) is 4.78. The zero-order valence-corrected chi connectivity index (χ0v) is 12.6. The second kappa shape index (κ2) is 4.57. The second-order valence-corrected chi connectivity index (χ2v) is 7.26. The van der Waals surface area contributed by atoms with Gasteiger partial charge in [0.15, 0.2) is 0 Å². The van der Waals surface area contributed by atoms with Gasteiger partial charge in [-0.1, -0.05) is 43.9 Å². The summed E-state index contributed by atoms with van der Waals surface area (Å²) >= 11 is 0. The lowest BCUT2D eigenvalue weighted by Crippen LogP contribution is -2.54. The van der Waals surface area contributed by atoms with Crippen LogP contribution >= 0.6 is 0 Å². The van der Waals surface area contributed by atoms with Gasteiger partial charge < -0.3 is 10.6 Å². The maximum Gasteiger partial charge on any atom is 0.247 e. The Balaban J connectivity index is 1.73. The summed E-state index contributed by atoms with van der Waals surface area (Å²) in [5, 5.41) is 0. The number of carbonyl (C=O) groups is 1. The Hall–Kier alpha value is -1.35. The van der Waals surface area contributed by atoms with Crippen LogP contribution in [0.3, 0.4) is 0 Å². The van der Waals surface area contributed by atoms with Crippen molar-refractivity contribution in [2.75, 3.05) is 11.4 Å². The van der Waals surface area contributed by atoms with Gasteiger partial charge in [0.2, 0.25) is 5.91 Å². The molecule has 0 radical (unpaired) electrons. The Morgan fingerprint density at radius 3 is 2.33 bits per heavy atom. The second-order valence-electron chi connectivity index (χ2n) is 7.26. The number of fused-ring (bicyclic) bond motifs is 2. The highest BCUT2D eigenvalue weighted by Crippen LogP contribution is 2.51.